The van der Waals surface area contributed by atoms with Gasteiger partial charge in [-0.3, -0.25) is 0 Å². The number of nitrogens with zero attached hydrogens (tertiary/aromatic N) is 1. The van der Waals surface area contributed by atoms with Crippen LogP contribution in [0.25, 0.3) is 0 Å². The number of primary amides is 1. The highest BCUT2D eigenvalue weighted by atomic mass is 16.3. The highest BCUT2D eigenvalue weighted by molar-refractivity contribution is 5.72. The molecule has 2 aliphatic rings. The first-order valence-electron chi connectivity index (χ1n) is 7.11. The lowest BCUT2D eigenvalue weighted by molar-refractivity contribution is 0.106. The summed E-state index contributed by atoms with van der Waals surface area (Å²) in [5.41, 5.74) is 5.26. The third-order valence-electron chi connectivity index (χ3n) is 4.32. The fourth-order valence-corrected chi connectivity index (χ4v) is 2.99. The molecule has 2 amide bonds. The van der Waals surface area contributed by atoms with Crippen LogP contribution in [0.1, 0.15) is 38.5 Å². The molecule has 0 aromatic heterocycles. The van der Waals surface area contributed by atoms with E-state index < -0.39 is 0 Å². The molecule has 1 saturated heterocycles. The first kappa shape index (κ1) is 13.6. The van der Waals surface area contributed by atoms with Crippen LogP contribution in [0.2, 0.25) is 0 Å². The average Bonchev–Trinajstić information content (AvgIpc) is 2.38. The van der Waals surface area contributed by atoms with Gasteiger partial charge < -0.3 is 21.1 Å². The minimum atomic E-state index is -0.297. The van der Waals surface area contributed by atoms with Crippen molar-refractivity contribution in [3.05, 3.63) is 0 Å². The molecule has 4 N–H and O–H groups in total. The molecular weight excluding hydrogens is 230 g/mol. The topological polar surface area (TPSA) is 78.6 Å². The Morgan fingerprint density at radius 2 is 1.78 bits per heavy atom. The minimum Gasteiger partial charge on any atom is -0.393 e. The molecule has 1 saturated carbocycles. The van der Waals surface area contributed by atoms with E-state index in [1.807, 2.05) is 0 Å². The second-order valence-corrected chi connectivity index (χ2v) is 5.68. The van der Waals surface area contributed by atoms with Gasteiger partial charge in [-0.1, -0.05) is 0 Å². The van der Waals surface area contributed by atoms with E-state index in [1.165, 1.54) is 0 Å². The number of amides is 2. The fourth-order valence-electron chi connectivity index (χ4n) is 2.99. The van der Waals surface area contributed by atoms with Crippen LogP contribution in [-0.4, -0.2) is 47.8 Å². The maximum atomic E-state index is 11.0. The van der Waals surface area contributed by atoms with Gasteiger partial charge in [0, 0.05) is 19.1 Å². The number of nitrogens with one attached hydrogen (secondary N) is 1. The predicted molar refractivity (Wildman–Crippen MR) is 70.1 cm³/mol. The second kappa shape index (κ2) is 6.38. The van der Waals surface area contributed by atoms with Gasteiger partial charge in [0.25, 0.3) is 0 Å². The van der Waals surface area contributed by atoms with E-state index in [-0.39, 0.29) is 12.1 Å². The van der Waals surface area contributed by atoms with Crippen LogP contribution in [-0.2, 0) is 0 Å². The monoisotopic (exact) mass is 255 g/mol. The molecule has 2 fully saturated rings. The van der Waals surface area contributed by atoms with Crippen LogP contribution in [0.3, 0.4) is 0 Å². The van der Waals surface area contributed by atoms with Gasteiger partial charge in [0.1, 0.15) is 0 Å². The first-order chi connectivity index (χ1) is 8.65. The van der Waals surface area contributed by atoms with Gasteiger partial charge in [-0.15, -0.1) is 0 Å². The zero-order chi connectivity index (χ0) is 13.0. The Bertz CT molecular complexity index is 269. The van der Waals surface area contributed by atoms with Crippen LogP contribution < -0.4 is 11.1 Å². The molecule has 0 aromatic carbocycles. The molecule has 0 spiro atoms. The summed E-state index contributed by atoms with van der Waals surface area (Å²) in [6.07, 6.45) is 6.10. The molecule has 18 heavy (non-hydrogen) atoms. The summed E-state index contributed by atoms with van der Waals surface area (Å²) >= 11 is 0. The van der Waals surface area contributed by atoms with Crippen molar-refractivity contribution >= 4 is 6.03 Å². The Hall–Kier alpha value is -0.810. The Labute approximate surface area is 109 Å². The zero-order valence-electron chi connectivity index (χ0n) is 11.0. The van der Waals surface area contributed by atoms with Gasteiger partial charge >= 0.3 is 6.03 Å². The first-order valence-corrected chi connectivity index (χ1v) is 7.11. The number of carbonyl (C=O) groups is 1. The molecule has 0 radical (unpaired) electrons. The lowest BCUT2D eigenvalue weighted by Gasteiger charge is -2.33. The molecule has 104 valence electrons. The van der Waals surface area contributed by atoms with Gasteiger partial charge in [-0.05, 0) is 51.0 Å². The Balaban J connectivity index is 1.62. The van der Waals surface area contributed by atoms with Crippen molar-refractivity contribution in [3.63, 3.8) is 0 Å². The second-order valence-electron chi connectivity index (χ2n) is 5.68. The van der Waals surface area contributed by atoms with Crippen molar-refractivity contribution in [1.29, 1.82) is 0 Å². The molecule has 0 aromatic rings. The van der Waals surface area contributed by atoms with Crippen molar-refractivity contribution in [2.75, 3.05) is 19.6 Å². The van der Waals surface area contributed by atoms with Crippen LogP contribution in [0.4, 0.5) is 4.79 Å². The molecular formula is C13H25N3O2. The van der Waals surface area contributed by atoms with Crippen molar-refractivity contribution in [2.24, 2.45) is 11.7 Å². The van der Waals surface area contributed by atoms with E-state index >= 15 is 0 Å². The van der Waals surface area contributed by atoms with Crippen molar-refractivity contribution in [2.45, 2.75) is 50.7 Å². The third kappa shape index (κ3) is 3.85. The average molecular weight is 255 g/mol. The highest BCUT2D eigenvalue weighted by Crippen LogP contribution is 2.24. The Morgan fingerprint density at radius 3 is 2.33 bits per heavy atom. The van der Waals surface area contributed by atoms with Gasteiger partial charge in [-0.25, -0.2) is 4.79 Å². The van der Waals surface area contributed by atoms with E-state index in [0.717, 1.165) is 58.2 Å². The quantitative estimate of drug-likeness (QED) is 0.693. The van der Waals surface area contributed by atoms with E-state index in [4.69, 9.17) is 5.73 Å². The molecule has 1 aliphatic heterocycles. The molecule has 0 bridgehead atoms. The van der Waals surface area contributed by atoms with Crippen molar-refractivity contribution < 1.29 is 9.90 Å². The number of urea groups is 1. The summed E-state index contributed by atoms with van der Waals surface area (Å²) in [5.74, 6) is 0.711. The number of rotatable bonds is 3. The number of aliphatic hydroxyl groups excluding tert-OH is 1. The third-order valence-corrected chi connectivity index (χ3v) is 4.32. The van der Waals surface area contributed by atoms with Gasteiger partial charge in [0.05, 0.1) is 6.10 Å². The largest absolute Gasteiger partial charge is 0.393 e. The number of piperidine rings is 1. The standard InChI is InChI=1S/C13H25N3O2/c14-13(18)16-7-5-11(6-8-16)15-9-10-1-3-12(17)4-2-10/h10-12,15,17H,1-9H2,(H2,14,18). The number of hydrogen-bond donors (Lipinski definition) is 3. The number of carbonyl (C=O) groups excluding carboxylic acids is 1. The summed E-state index contributed by atoms with van der Waals surface area (Å²) in [7, 11) is 0. The number of aliphatic hydroxyl groups is 1. The summed E-state index contributed by atoms with van der Waals surface area (Å²) in [6.45, 7) is 2.60. The van der Waals surface area contributed by atoms with Gasteiger partial charge in [-0.2, -0.15) is 0 Å². The van der Waals surface area contributed by atoms with E-state index in [9.17, 15) is 9.90 Å². The molecule has 1 heterocycles. The number of nitrogens with two attached hydrogens (primary N) is 1. The summed E-state index contributed by atoms with van der Waals surface area (Å²) < 4.78 is 0. The highest BCUT2D eigenvalue weighted by Gasteiger charge is 2.23. The molecule has 2 rings (SSSR count). The van der Waals surface area contributed by atoms with Crippen LogP contribution in [0, 0.1) is 5.92 Å². The summed E-state index contributed by atoms with van der Waals surface area (Å²) in [6, 6.07) is 0.224. The Morgan fingerprint density at radius 1 is 1.17 bits per heavy atom. The molecule has 1 aliphatic carbocycles. The maximum Gasteiger partial charge on any atom is 0.314 e. The molecule has 5 nitrogen and oxygen atoms in total. The SMILES string of the molecule is NC(=O)N1CCC(NCC2CCC(O)CC2)CC1. The molecule has 0 unspecified atom stereocenters. The van der Waals surface area contributed by atoms with E-state index in [2.05, 4.69) is 5.32 Å². The van der Waals surface area contributed by atoms with Crippen LogP contribution in [0.15, 0.2) is 0 Å². The summed E-state index contributed by atoms with van der Waals surface area (Å²) in [4.78, 5) is 12.7. The lowest BCUT2D eigenvalue weighted by atomic mass is 9.87. The minimum absolute atomic E-state index is 0.0694. The maximum absolute atomic E-state index is 11.0. The number of hydrogen-bond acceptors (Lipinski definition) is 3. The predicted octanol–water partition coefficient (Wildman–Crippen LogP) is 0.670. The van der Waals surface area contributed by atoms with Gasteiger partial charge in [0.2, 0.25) is 0 Å². The zero-order valence-corrected chi connectivity index (χ0v) is 11.0. The lowest BCUT2D eigenvalue weighted by Crippen LogP contribution is -2.47. The Kier molecular flexibility index (Phi) is 4.83. The van der Waals surface area contributed by atoms with Gasteiger partial charge in [0.15, 0.2) is 0 Å². The van der Waals surface area contributed by atoms with E-state index in [1.54, 1.807) is 4.90 Å². The van der Waals surface area contributed by atoms with Crippen molar-refractivity contribution in [3.8, 4) is 0 Å². The number of likely N-dealkylation sites (tertiary alicyclic amines) is 1. The van der Waals surface area contributed by atoms with Crippen LogP contribution in [0.5, 0.6) is 0 Å². The summed E-state index contributed by atoms with van der Waals surface area (Å²) in [5, 5.41) is 13.1. The van der Waals surface area contributed by atoms with E-state index in [0.29, 0.717) is 12.0 Å². The van der Waals surface area contributed by atoms with Crippen LogP contribution >= 0.6 is 0 Å². The van der Waals surface area contributed by atoms with Crippen molar-refractivity contribution in [1.82, 2.24) is 10.2 Å². The molecule has 5 heteroatoms. The molecule has 0 atom stereocenters. The normalized spacial score (nSPS) is 30.4. The fraction of sp³-hybridized carbons (Fsp3) is 0.923. The smallest absolute Gasteiger partial charge is 0.314 e.